The number of anilines is 1. The molecule has 1 atom stereocenters. The van der Waals surface area contributed by atoms with Gasteiger partial charge in [0.2, 0.25) is 5.91 Å². The Kier molecular flexibility index (Phi) is 4.71. The average Bonchev–Trinajstić information content (AvgIpc) is 2.51. The average molecular weight is 251 g/mol. The maximum Gasteiger partial charge on any atom is 0.229 e. The number of thiazole rings is 1. The topological polar surface area (TPSA) is 42.0 Å². The van der Waals surface area contributed by atoms with Gasteiger partial charge in [0.1, 0.15) is 4.34 Å². The Balaban J connectivity index is 2.48. The molecule has 0 unspecified atom stereocenters. The summed E-state index contributed by atoms with van der Waals surface area (Å²) in [5.41, 5.74) is 0. The number of hydrogen-bond donors (Lipinski definition) is 1. The number of amides is 1. The van der Waals surface area contributed by atoms with Crippen molar-refractivity contribution in [2.75, 3.05) is 17.3 Å². The molecule has 78 valence electrons. The minimum Gasteiger partial charge on any atom is -0.302 e. The van der Waals surface area contributed by atoms with Crippen LogP contribution in [0.5, 0.6) is 0 Å². The van der Waals surface area contributed by atoms with Crippen LogP contribution in [0, 0.1) is 5.92 Å². The number of nitrogens with zero attached hydrogens (tertiary/aromatic N) is 1. The quantitative estimate of drug-likeness (QED) is 0.894. The molecule has 0 aliphatic rings. The lowest BCUT2D eigenvalue weighted by Gasteiger charge is -2.07. The number of aromatic nitrogens is 1. The lowest BCUT2D eigenvalue weighted by molar-refractivity contribution is -0.118. The van der Waals surface area contributed by atoms with Crippen molar-refractivity contribution in [2.24, 2.45) is 5.92 Å². The lowest BCUT2D eigenvalue weighted by atomic mass is 10.2. The van der Waals surface area contributed by atoms with Crippen LogP contribution in [0.4, 0.5) is 5.13 Å². The predicted octanol–water partition coefficient (Wildman–Crippen LogP) is 2.73. The number of halogens is 1. The number of carbonyl (C=O) groups excluding carboxylic acids is 1. The van der Waals surface area contributed by atoms with E-state index in [2.05, 4.69) is 10.3 Å². The van der Waals surface area contributed by atoms with Crippen LogP contribution in [0.15, 0.2) is 6.20 Å². The number of thioether (sulfide) groups is 1. The van der Waals surface area contributed by atoms with Gasteiger partial charge in [0.05, 0.1) is 6.20 Å². The molecule has 1 amide bonds. The van der Waals surface area contributed by atoms with Gasteiger partial charge in [-0.25, -0.2) is 4.98 Å². The van der Waals surface area contributed by atoms with Gasteiger partial charge in [0.25, 0.3) is 0 Å². The number of rotatable bonds is 4. The first-order chi connectivity index (χ1) is 6.63. The molecule has 1 N–H and O–H groups in total. The van der Waals surface area contributed by atoms with Crippen LogP contribution in [-0.4, -0.2) is 22.9 Å². The molecule has 0 saturated carbocycles. The van der Waals surface area contributed by atoms with E-state index in [4.69, 9.17) is 11.6 Å². The molecule has 0 aromatic carbocycles. The standard InChI is InChI=1S/C8H11ClN2OS2/c1-5(4-13-2)7(12)11-8-10-3-6(9)14-8/h3,5H,4H2,1-2H3,(H,10,11,12)/t5-/m1/s1. The number of hydrogen-bond acceptors (Lipinski definition) is 4. The van der Waals surface area contributed by atoms with Gasteiger partial charge in [-0.3, -0.25) is 4.79 Å². The molecule has 1 rings (SSSR count). The van der Waals surface area contributed by atoms with E-state index in [1.807, 2.05) is 13.2 Å². The molecule has 0 aliphatic heterocycles. The fourth-order valence-electron chi connectivity index (χ4n) is 0.867. The third kappa shape index (κ3) is 3.48. The molecule has 1 aromatic rings. The van der Waals surface area contributed by atoms with E-state index < -0.39 is 0 Å². The second kappa shape index (κ2) is 5.58. The molecule has 0 spiro atoms. The molecule has 0 saturated heterocycles. The molecular formula is C8H11ClN2OS2. The Morgan fingerprint density at radius 2 is 2.57 bits per heavy atom. The second-order valence-electron chi connectivity index (χ2n) is 2.82. The van der Waals surface area contributed by atoms with Crippen molar-refractivity contribution in [3.63, 3.8) is 0 Å². The minimum absolute atomic E-state index is 0.00678. The fourth-order valence-corrected chi connectivity index (χ4v) is 2.33. The van der Waals surface area contributed by atoms with E-state index >= 15 is 0 Å². The molecule has 0 fully saturated rings. The summed E-state index contributed by atoms with van der Waals surface area (Å²) >= 11 is 8.60. The summed E-state index contributed by atoms with van der Waals surface area (Å²) in [6.45, 7) is 1.89. The number of carbonyl (C=O) groups is 1. The van der Waals surface area contributed by atoms with Crippen molar-refractivity contribution in [1.82, 2.24) is 4.98 Å². The van der Waals surface area contributed by atoms with Crippen LogP contribution >= 0.6 is 34.7 Å². The van der Waals surface area contributed by atoms with E-state index in [0.717, 1.165) is 5.75 Å². The molecule has 0 aliphatic carbocycles. The van der Waals surface area contributed by atoms with Gasteiger partial charge in [-0.1, -0.05) is 29.9 Å². The third-order valence-electron chi connectivity index (χ3n) is 1.57. The zero-order valence-electron chi connectivity index (χ0n) is 7.91. The van der Waals surface area contributed by atoms with Gasteiger partial charge < -0.3 is 5.32 Å². The first kappa shape index (κ1) is 11.8. The largest absolute Gasteiger partial charge is 0.302 e. The van der Waals surface area contributed by atoms with Gasteiger partial charge >= 0.3 is 0 Å². The molecule has 1 heterocycles. The van der Waals surface area contributed by atoms with Crippen molar-refractivity contribution >= 4 is 45.7 Å². The third-order valence-corrected chi connectivity index (χ3v) is 3.44. The van der Waals surface area contributed by atoms with Crippen LogP contribution in [-0.2, 0) is 4.79 Å². The maximum absolute atomic E-state index is 11.5. The van der Waals surface area contributed by atoms with Crippen molar-refractivity contribution in [3.05, 3.63) is 10.5 Å². The zero-order valence-corrected chi connectivity index (χ0v) is 10.3. The molecule has 6 heteroatoms. The van der Waals surface area contributed by atoms with E-state index in [-0.39, 0.29) is 11.8 Å². The molecule has 1 aromatic heterocycles. The van der Waals surface area contributed by atoms with E-state index in [0.29, 0.717) is 9.47 Å². The molecule has 0 bridgehead atoms. The van der Waals surface area contributed by atoms with Crippen LogP contribution < -0.4 is 5.32 Å². The van der Waals surface area contributed by atoms with Gasteiger partial charge in [-0.05, 0) is 6.26 Å². The van der Waals surface area contributed by atoms with Crippen molar-refractivity contribution in [3.8, 4) is 0 Å². The molecule has 3 nitrogen and oxygen atoms in total. The first-order valence-corrected chi connectivity index (χ1v) is 6.63. The lowest BCUT2D eigenvalue weighted by Crippen LogP contribution is -2.21. The summed E-state index contributed by atoms with van der Waals surface area (Å²) < 4.78 is 0.581. The van der Waals surface area contributed by atoms with Crippen LogP contribution in [0.1, 0.15) is 6.92 Å². The van der Waals surface area contributed by atoms with Crippen molar-refractivity contribution in [2.45, 2.75) is 6.92 Å². The van der Waals surface area contributed by atoms with E-state index in [9.17, 15) is 4.79 Å². The monoisotopic (exact) mass is 250 g/mol. The summed E-state index contributed by atoms with van der Waals surface area (Å²) in [6.07, 6.45) is 3.51. The number of nitrogens with one attached hydrogen (secondary N) is 1. The molecule has 14 heavy (non-hydrogen) atoms. The highest BCUT2D eigenvalue weighted by molar-refractivity contribution is 7.98. The van der Waals surface area contributed by atoms with Crippen molar-refractivity contribution in [1.29, 1.82) is 0 Å². The highest BCUT2D eigenvalue weighted by Gasteiger charge is 2.13. The predicted molar refractivity (Wildman–Crippen MR) is 63.3 cm³/mol. The maximum atomic E-state index is 11.5. The Morgan fingerprint density at radius 1 is 1.86 bits per heavy atom. The van der Waals surface area contributed by atoms with E-state index in [1.54, 1.807) is 11.8 Å². The van der Waals surface area contributed by atoms with Crippen LogP contribution in [0.25, 0.3) is 0 Å². The van der Waals surface area contributed by atoms with Gasteiger partial charge in [0.15, 0.2) is 5.13 Å². The van der Waals surface area contributed by atoms with Gasteiger partial charge in [-0.15, -0.1) is 0 Å². The van der Waals surface area contributed by atoms with Crippen LogP contribution in [0.2, 0.25) is 4.34 Å². The second-order valence-corrected chi connectivity index (χ2v) is 5.39. The Labute approximate surface area is 96.3 Å². The highest BCUT2D eigenvalue weighted by atomic mass is 35.5. The van der Waals surface area contributed by atoms with Crippen LogP contribution in [0.3, 0.4) is 0 Å². The smallest absolute Gasteiger partial charge is 0.229 e. The first-order valence-electron chi connectivity index (χ1n) is 4.04. The molecule has 0 radical (unpaired) electrons. The summed E-state index contributed by atoms with van der Waals surface area (Å²) in [4.78, 5) is 15.5. The van der Waals surface area contributed by atoms with Gasteiger partial charge in [-0.2, -0.15) is 11.8 Å². The Bertz CT molecular complexity index is 316. The normalized spacial score (nSPS) is 12.5. The summed E-state index contributed by atoms with van der Waals surface area (Å²) in [5.74, 6) is 0.795. The van der Waals surface area contributed by atoms with Crippen molar-refractivity contribution < 1.29 is 4.79 Å². The zero-order chi connectivity index (χ0) is 10.6. The van der Waals surface area contributed by atoms with Gasteiger partial charge in [0, 0.05) is 11.7 Å². The summed E-state index contributed by atoms with van der Waals surface area (Å²) in [5, 5.41) is 3.28. The summed E-state index contributed by atoms with van der Waals surface area (Å²) in [6, 6.07) is 0. The fraction of sp³-hybridized carbons (Fsp3) is 0.500. The Morgan fingerprint density at radius 3 is 3.07 bits per heavy atom. The highest BCUT2D eigenvalue weighted by Crippen LogP contribution is 2.23. The summed E-state index contributed by atoms with van der Waals surface area (Å²) in [7, 11) is 0. The molecular weight excluding hydrogens is 240 g/mol. The van der Waals surface area contributed by atoms with E-state index in [1.165, 1.54) is 17.5 Å². The SMILES string of the molecule is CSC[C@@H](C)C(=O)Nc1ncc(Cl)s1. The minimum atomic E-state index is -0.00892. The Hall–Kier alpha value is -0.260.